The van der Waals surface area contributed by atoms with Crippen LogP contribution in [0.1, 0.15) is 47.8 Å². The molecule has 1 unspecified atom stereocenters. The Morgan fingerprint density at radius 2 is 1.56 bits per heavy atom. The van der Waals surface area contributed by atoms with Crippen molar-refractivity contribution in [2.45, 2.75) is 32.7 Å². The summed E-state index contributed by atoms with van der Waals surface area (Å²) in [7, 11) is 0. The van der Waals surface area contributed by atoms with Crippen LogP contribution in [0.3, 0.4) is 0 Å². The van der Waals surface area contributed by atoms with Crippen LogP contribution in [0.5, 0.6) is 0 Å². The van der Waals surface area contributed by atoms with E-state index in [1.165, 1.54) is 17.2 Å². The highest BCUT2D eigenvalue weighted by atomic mass is 16.1. The Labute approximate surface area is 190 Å². The number of carbonyl (C=O) groups is 2. The molecule has 1 atom stereocenters. The molecule has 0 saturated carbocycles. The molecule has 3 rings (SSSR count). The minimum absolute atomic E-state index is 0.0438. The maximum Gasteiger partial charge on any atom is 0.248 e. The summed E-state index contributed by atoms with van der Waals surface area (Å²) in [6.07, 6.45) is 2.77. The topological polar surface area (TPSA) is 58.2 Å². The van der Waals surface area contributed by atoms with Crippen molar-refractivity contribution in [2.75, 3.05) is 11.9 Å². The maximum absolute atomic E-state index is 12.8. The molecular weight excluding hydrogens is 396 g/mol. The summed E-state index contributed by atoms with van der Waals surface area (Å²) in [6.45, 7) is 4.31. The van der Waals surface area contributed by atoms with E-state index in [9.17, 15) is 9.59 Å². The van der Waals surface area contributed by atoms with Crippen molar-refractivity contribution in [3.05, 3.63) is 113 Å². The second-order valence-electron chi connectivity index (χ2n) is 8.07. The first-order valence-corrected chi connectivity index (χ1v) is 10.9. The molecule has 3 aromatic carbocycles. The molecule has 0 radical (unpaired) electrons. The molecule has 0 spiro atoms. The number of amides is 1. The van der Waals surface area contributed by atoms with Gasteiger partial charge in [0.05, 0.1) is 0 Å². The van der Waals surface area contributed by atoms with Crippen molar-refractivity contribution in [1.29, 1.82) is 0 Å². The third kappa shape index (κ3) is 7.33. The summed E-state index contributed by atoms with van der Waals surface area (Å²) in [4.78, 5) is 24.7. The molecule has 0 fully saturated rings. The van der Waals surface area contributed by atoms with Crippen molar-refractivity contribution >= 4 is 17.4 Å². The Morgan fingerprint density at radius 3 is 2.25 bits per heavy atom. The van der Waals surface area contributed by atoms with Crippen LogP contribution in [-0.2, 0) is 11.2 Å². The molecule has 0 aliphatic carbocycles. The second-order valence-corrected chi connectivity index (χ2v) is 8.07. The SMILES string of the molecule is CC(C)=CC(=O)Nc1cccc(C(=O)CCNC(Cc2ccccc2)c2ccccc2)c1. The van der Waals surface area contributed by atoms with Gasteiger partial charge in [0.1, 0.15) is 0 Å². The fraction of sp³-hybridized carbons (Fsp3) is 0.214. The number of Topliss-reactive ketones (excluding diaryl/α,β-unsaturated/α-hetero) is 1. The maximum atomic E-state index is 12.8. The quantitative estimate of drug-likeness (QED) is 0.321. The van der Waals surface area contributed by atoms with E-state index in [1.54, 1.807) is 24.3 Å². The smallest absolute Gasteiger partial charge is 0.248 e. The van der Waals surface area contributed by atoms with Crippen LogP contribution in [0.2, 0.25) is 0 Å². The van der Waals surface area contributed by atoms with Crippen LogP contribution >= 0.6 is 0 Å². The Bertz CT molecular complexity index is 1060. The number of ketones is 1. The number of carbonyl (C=O) groups excluding carboxylic acids is 2. The average Bonchev–Trinajstić information content (AvgIpc) is 2.79. The van der Waals surface area contributed by atoms with Crippen LogP contribution in [0.4, 0.5) is 5.69 Å². The first kappa shape index (κ1) is 23.2. The lowest BCUT2D eigenvalue weighted by Crippen LogP contribution is -2.26. The zero-order valence-electron chi connectivity index (χ0n) is 18.7. The number of hydrogen-bond acceptors (Lipinski definition) is 3. The van der Waals surface area contributed by atoms with E-state index in [-0.39, 0.29) is 17.7 Å². The lowest BCUT2D eigenvalue weighted by Gasteiger charge is -2.19. The van der Waals surface area contributed by atoms with Crippen molar-refractivity contribution in [2.24, 2.45) is 0 Å². The monoisotopic (exact) mass is 426 g/mol. The number of nitrogens with one attached hydrogen (secondary N) is 2. The standard InChI is InChI=1S/C28H30N2O2/c1-21(2)18-28(32)30-25-15-9-14-24(20-25)27(31)16-17-29-26(23-12-7-4-8-13-23)19-22-10-5-3-6-11-22/h3-15,18,20,26,29H,16-17,19H2,1-2H3,(H,30,32). The summed E-state index contributed by atoms with van der Waals surface area (Å²) >= 11 is 0. The van der Waals surface area contributed by atoms with Crippen molar-refractivity contribution in [3.63, 3.8) is 0 Å². The molecule has 0 aliphatic heterocycles. The highest BCUT2D eigenvalue weighted by Gasteiger charge is 2.13. The predicted molar refractivity (Wildman–Crippen MR) is 131 cm³/mol. The van der Waals surface area contributed by atoms with Crippen molar-refractivity contribution in [3.8, 4) is 0 Å². The Kier molecular flexibility index (Phi) is 8.52. The molecule has 4 nitrogen and oxygen atoms in total. The van der Waals surface area contributed by atoms with E-state index in [1.807, 2.05) is 50.2 Å². The van der Waals surface area contributed by atoms with Gasteiger partial charge >= 0.3 is 0 Å². The highest BCUT2D eigenvalue weighted by molar-refractivity contribution is 6.01. The number of anilines is 1. The van der Waals surface area contributed by atoms with Gasteiger partial charge in [-0.15, -0.1) is 0 Å². The highest BCUT2D eigenvalue weighted by Crippen LogP contribution is 2.19. The second kappa shape index (κ2) is 11.8. The zero-order valence-corrected chi connectivity index (χ0v) is 18.7. The lowest BCUT2D eigenvalue weighted by molar-refractivity contribution is -0.111. The van der Waals surface area contributed by atoms with Crippen LogP contribution in [-0.4, -0.2) is 18.2 Å². The van der Waals surface area contributed by atoms with E-state index in [4.69, 9.17) is 0 Å². The molecule has 0 saturated heterocycles. The van der Waals surface area contributed by atoms with Crippen LogP contribution in [0.15, 0.2) is 96.6 Å². The molecule has 3 aromatic rings. The molecule has 0 bridgehead atoms. The van der Waals surface area contributed by atoms with E-state index >= 15 is 0 Å². The molecule has 0 aliphatic rings. The number of rotatable bonds is 10. The van der Waals surface area contributed by atoms with Crippen LogP contribution < -0.4 is 10.6 Å². The van der Waals surface area contributed by atoms with Crippen LogP contribution in [0, 0.1) is 0 Å². The molecule has 2 N–H and O–H groups in total. The molecule has 4 heteroatoms. The fourth-order valence-electron chi connectivity index (χ4n) is 3.56. The minimum atomic E-state index is -0.192. The van der Waals surface area contributed by atoms with E-state index in [0.717, 1.165) is 12.0 Å². The summed E-state index contributed by atoms with van der Waals surface area (Å²) in [5.41, 5.74) is 4.59. The summed E-state index contributed by atoms with van der Waals surface area (Å²) in [6, 6.07) is 27.9. The van der Waals surface area contributed by atoms with Gasteiger partial charge in [0, 0.05) is 36.3 Å². The van der Waals surface area contributed by atoms with Gasteiger partial charge in [-0.1, -0.05) is 78.4 Å². The van der Waals surface area contributed by atoms with Gasteiger partial charge in [-0.2, -0.15) is 0 Å². The summed E-state index contributed by atoms with van der Waals surface area (Å²) < 4.78 is 0. The largest absolute Gasteiger partial charge is 0.322 e. The van der Waals surface area contributed by atoms with E-state index in [2.05, 4.69) is 34.9 Å². The average molecular weight is 427 g/mol. The van der Waals surface area contributed by atoms with Crippen LogP contribution in [0.25, 0.3) is 0 Å². The van der Waals surface area contributed by atoms with Gasteiger partial charge in [-0.3, -0.25) is 9.59 Å². The third-order valence-electron chi connectivity index (χ3n) is 5.10. The Hall–Kier alpha value is -3.50. The van der Waals surface area contributed by atoms with E-state index in [0.29, 0.717) is 24.2 Å². The zero-order chi connectivity index (χ0) is 22.8. The van der Waals surface area contributed by atoms with Gasteiger partial charge in [-0.25, -0.2) is 0 Å². The number of benzene rings is 3. The van der Waals surface area contributed by atoms with Gasteiger partial charge in [0.2, 0.25) is 5.91 Å². The first-order valence-electron chi connectivity index (χ1n) is 10.9. The first-order chi connectivity index (χ1) is 15.5. The normalized spacial score (nSPS) is 11.4. The molecular formula is C28H30N2O2. The lowest BCUT2D eigenvalue weighted by atomic mass is 9.98. The molecule has 1 amide bonds. The molecule has 0 aromatic heterocycles. The molecule has 164 valence electrons. The summed E-state index contributed by atoms with van der Waals surface area (Å²) in [5, 5.41) is 6.36. The Balaban J connectivity index is 1.61. The van der Waals surface area contributed by atoms with E-state index < -0.39 is 0 Å². The van der Waals surface area contributed by atoms with Crippen molar-refractivity contribution in [1.82, 2.24) is 5.32 Å². The minimum Gasteiger partial charge on any atom is -0.322 e. The fourth-order valence-corrected chi connectivity index (χ4v) is 3.56. The predicted octanol–water partition coefficient (Wildman–Crippen LogP) is 5.74. The van der Waals surface area contributed by atoms with Gasteiger partial charge in [-0.05, 0) is 43.5 Å². The van der Waals surface area contributed by atoms with Gasteiger partial charge in [0.25, 0.3) is 0 Å². The number of hydrogen-bond donors (Lipinski definition) is 2. The Morgan fingerprint density at radius 1 is 0.875 bits per heavy atom. The van der Waals surface area contributed by atoms with Gasteiger partial charge in [0.15, 0.2) is 5.78 Å². The molecule has 0 heterocycles. The van der Waals surface area contributed by atoms with Crippen molar-refractivity contribution < 1.29 is 9.59 Å². The number of allylic oxidation sites excluding steroid dienone is 1. The summed E-state index contributed by atoms with van der Waals surface area (Å²) in [5.74, 6) is -0.148. The van der Waals surface area contributed by atoms with Gasteiger partial charge < -0.3 is 10.6 Å². The third-order valence-corrected chi connectivity index (χ3v) is 5.10. The molecule has 32 heavy (non-hydrogen) atoms.